The van der Waals surface area contributed by atoms with Crippen molar-refractivity contribution in [2.45, 2.75) is 57.4 Å². The average Bonchev–Trinajstić information content (AvgIpc) is 3.01. The lowest BCUT2D eigenvalue weighted by Gasteiger charge is -2.35. The minimum Gasteiger partial charge on any atom is -0.339 e. The summed E-state index contributed by atoms with van der Waals surface area (Å²) in [7, 11) is 0. The van der Waals surface area contributed by atoms with Gasteiger partial charge in [0.05, 0.1) is 5.92 Å². The number of rotatable bonds is 2. The summed E-state index contributed by atoms with van der Waals surface area (Å²) in [6.45, 7) is 2.58. The summed E-state index contributed by atoms with van der Waals surface area (Å²) in [6.07, 6.45) is 6.26. The van der Waals surface area contributed by atoms with Gasteiger partial charge in [0.2, 0.25) is 11.8 Å². The molecule has 2 heterocycles. The average molecular weight is 249 g/mol. The van der Waals surface area contributed by atoms with Crippen LogP contribution in [0.25, 0.3) is 0 Å². The first-order chi connectivity index (χ1) is 8.74. The van der Waals surface area contributed by atoms with E-state index in [0.29, 0.717) is 30.1 Å². The molecule has 98 valence electrons. The number of aryl methyl sites for hydroxylation is 1. The SMILES string of the molecule is Cc1noc([C@H]2CCC(=O)N(C3CCCC3)C2)n1. The molecule has 0 spiro atoms. The van der Waals surface area contributed by atoms with Crippen LogP contribution in [0.3, 0.4) is 0 Å². The van der Waals surface area contributed by atoms with Crippen LogP contribution in [0.5, 0.6) is 0 Å². The van der Waals surface area contributed by atoms with Crippen molar-refractivity contribution in [3.05, 3.63) is 11.7 Å². The van der Waals surface area contributed by atoms with Crippen LogP contribution in [0, 0.1) is 6.92 Å². The highest BCUT2D eigenvalue weighted by Gasteiger charge is 2.34. The van der Waals surface area contributed by atoms with E-state index in [1.807, 2.05) is 6.92 Å². The van der Waals surface area contributed by atoms with Crippen molar-refractivity contribution in [1.29, 1.82) is 0 Å². The third-order valence-electron chi connectivity index (χ3n) is 4.10. The first-order valence-electron chi connectivity index (χ1n) is 6.83. The van der Waals surface area contributed by atoms with Gasteiger partial charge in [-0.05, 0) is 26.2 Å². The van der Waals surface area contributed by atoms with Gasteiger partial charge in [0, 0.05) is 19.0 Å². The van der Waals surface area contributed by atoms with Crippen molar-refractivity contribution in [2.24, 2.45) is 0 Å². The van der Waals surface area contributed by atoms with Gasteiger partial charge in [-0.2, -0.15) is 4.98 Å². The lowest BCUT2D eigenvalue weighted by Crippen LogP contribution is -2.44. The zero-order valence-corrected chi connectivity index (χ0v) is 10.8. The van der Waals surface area contributed by atoms with Crippen LogP contribution >= 0.6 is 0 Å². The molecule has 0 N–H and O–H groups in total. The number of aromatic nitrogens is 2. The van der Waals surface area contributed by atoms with E-state index < -0.39 is 0 Å². The standard InChI is InChI=1S/C13H19N3O2/c1-9-14-13(18-15-9)10-6-7-12(17)16(8-10)11-4-2-3-5-11/h10-11H,2-8H2,1H3/t10-/m0/s1. The zero-order valence-electron chi connectivity index (χ0n) is 10.8. The Morgan fingerprint density at radius 2 is 2.06 bits per heavy atom. The summed E-state index contributed by atoms with van der Waals surface area (Å²) in [5.74, 6) is 1.90. The van der Waals surface area contributed by atoms with Crippen molar-refractivity contribution in [3.8, 4) is 0 Å². The Bertz CT molecular complexity index is 437. The number of hydrogen-bond acceptors (Lipinski definition) is 4. The number of piperidine rings is 1. The Hall–Kier alpha value is -1.39. The zero-order chi connectivity index (χ0) is 12.5. The van der Waals surface area contributed by atoms with Crippen molar-refractivity contribution in [1.82, 2.24) is 15.0 Å². The van der Waals surface area contributed by atoms with E-state index >= 15 is 0 Å². The minimum atomic E-state index is 0.226. The van der Waals surface area contributed by atoms with Crippen LogP contribution < -0.4 is 0 Å². The molecule has 1 atom stereocenters. The fourth-order valence-electron chi connectivity index (χ4n) is 3.12. The number of carbonyl (C=O) groups is 1. The lowest BCUT2D eigenvalue weighted by molar-refractivity contribution is -0.136. The second kappa shape index (κ2) is 4.71. The molecule has 1 saturated heterocycles. The van der Waals surface area contributed by atoms with E-state index in [1.54, 1.807) is 0 Å². The highest BCUT2D eigenvalue weighted by molar-refractivity contribution is 5.77. The summed E-state index contributed by atoms with van der Waals surface area (Å²) in [6, 6.07) is 0.448. The predicted molar refractivity (Wildman–Crippen MR) is 65.0 cm³/mol. The Morgan fingerprint density at radius 3 is 2.72 bits per heavy atom. The highest BCUT2D eigenvalue weighted by Crippen LogP contribution is 2.32. The second-order valence-electron chi connectivity index (χ2n) is 5.40. The topological polar surface area (TPSA) is 59.2 Å². The van der Waals surface area contributed by atoms with Gasteiger partial charge in [-0.1, -0.05) is 18.0 Å². The van der Waals surface area contributed by atoms with Crippen molar-refractivity contribution in [2.75, 3.05) is 6.54 Å². The van der Waals surface area contributed by atoms with Crippen molar-refractivity contribution in [3.63, 3.8) is 0 Å². The molecule has 1 aliphatic heterocycles. The van der Waals surface area contributed by atoms with Crippen LogP contribution in [-0.4, -0.2) is 33.5 Å². The van der Waals surface area contributed by atoms with E-state index in [1.165, 1.54) is 12.8 Å². The van der Waals surface area contributed by atoms with Gasteiger partial charge < -0.3 is 9.42 Å². The van der Waals surface area contributed by atoms with Crippen LogP contribution in [0.4, 0.5) is 0 Å². The molecule has 1 aromatic heterocycles. The maximum atomic E-state index is 12.0. The number of nitrogens with zero attached hydrogens (tertiary/aromatic N) is 3. The first kappa shape index (κ1) is 11.7. The van der Waals surface area contributed by atoms with Crippen molar-refractivity contribution < 1.29 is 9.32 Å². The monoisotopic (exact) mass is 249 g/mol. The fraction of sp³-hybridized carbons (Fsp3) is 0.769. The molecule has 2 fully saturated rings. The highest BCUT2D eigenvalue weighted by atomic mass is 16.5. The molecule has 1 saturated carbocycles. The van der Waals surface area contributed by atoms with Gasteiger partial charge in [-0.3, -0.25) is 4.79 Å². The van der Waals surface area contributed by atoms with Crippen LogP contribution in [0.1, 0.15) is 56.2 Å². The van der Waals surface area contributed by atoms with E-state index in [4.69, 9.17) is 4.52 Å². The van der Waals surface area contributed by atoms with Gasteiger partial charge in [0.15, 0.2) is 5.82 Å². The molecule has 5 heteroatoms. The maximum absolute atomic E-state index is 12.0. The summed E-state index contributed by atoms with van der Waals surface area (Å²) >= 11 is 0. The van der Waals surface area contributed by atoms with Gasteiger partial charge in [-0.25, -0.2) is 0 Å². The smallest absolute Gasteiger partial charge is 0.231 e. The molecule has 18 heavy (non-hydrogen) atoms. The molecule has 5 nitrogen and oxygen atoms in total. The summed E-state index contributed by atoms with van der Waals surface area (Å²) in [4.78, 5) is 18.4. The second-order valence-corrected chi connectivity index (χ2v) is 5.40. The summed E-state index contributed by atoms with van der Waals surface area (Å²) in [5, 5.41) is 3.84. The van der Waals surface area contributed by atoms with Gasteiger partial charge >= 0.3 is 0 Å². The Labute approximate surface area is 107 Å². The lowest BCUT2D eigenvalue weighted by atomic mass is 9.95. The first-order valence-corrected chi connectivity index (χ1v) is 6.83. The van der Waals surface area contributed by atoms with E-state index in [2.05, 4.69) is 15.0 Å². The van der Waals surface area contributed by atoms with E-state index in [0.717, 1.165) is 25.8 Å². The van der Waals surface area contributed by atoms with E-state index in [9.17, 15) is 4.79 Å². The summed E-state index contributed by atoms with van der Waals surface area (Å²) in [5.41, 5.74) is 0. The Balaban J connectivity index is 1.73. The van der Waals surface area contributed by atoms with Crippen LogP contribution in [0.2, 0.25) is 0 Å². The molecule has 1 aliphatic carbocycles. The number of carbonyl (C=O) groups excluding carboxylic acids is 1. The summed E-state index contributed by atoms with van der Waals surface area (Å²) < 4.78 is 5.25. The van der Waals surface area contributed by atoms with Gasteiger partial charge in [0.1, 0.15) is 0 Å². The Morgan fingerprint density at radius 1 is 1.28 bits per heavy atom. The normalized spacial score (nSPS) is 25.9. The Kier molecular flexibility index (Phi) is 3.06. The quantitative estimate of drug-likeness (QED) is 0.804. The third kappa shape index (κ3) is 2.13. The predicted octanol–water partition coefficient (Wildman–Crippen LogP) is 2.03. The maximum Gasteiger partial charge on any atom is 0.231 e. The fourth-order valence-corrected chi connectivity index (χ4v) is 3.12. The van der Waals surface area contributed by atoms with Gasteiger partial charge in [-0.15, -0.1) is 0 Å². The number of amides is 1. The molecule has 0 radical (unpaired) electrons. The van der Waals surface area contributed by atoms with E-state index in [-0.39, 0.29) is 5.92 Å². The van der Waals surface area contributed by atoms with Crippen LogP contribution in [-0.2, 0) is 4.79 Å². The molecule has 3 rings (SSSR count). The molecule has 0 unspecified atom stereocenters. The molecule has 2 aliphatic rings. The van der Waals surface area contributed by atoms with Gasteiger partial charge in [0.25, 0.3) is 0 Å². The molecule has 0 aromatic carbocycles. The number of likely N-dealkylation sites (tertiary alicyclic amines) is 1. The third-order valence-corrected chi connectivity index (χ3v) is 4.10. The largest absolute Gasteiger partial charge is 0.339 e. The van der Waals surface area contributed by atoms with Crippen molar-refractivity contribution >= 4 is 5.91 Å². The molecule has 1 aromatic rings. The van der Waals surface area contributed by atoms with Crippen LogP contribution in [0.15, 0.2) is 4.52 Å². The molecule has 1 amide bonds. The number of hydrogen-bond donors (Lipinski definition) is 0. The molecule has 0 bridgehead atoms. The minimum absolute atomic E-state index is 0.226. The molecular weight excluding hydrogens is 230 g/mol. The molecular formula is C13H19N3O2.